The standard InChI is InChI=1S/C15H23N3O3/c1-17-10-12(14(20)18(2)15(17)21)13(19)16-11-8-6-4-3-5-7-9-11/h10-11H,3-9H2,1-2H3,(H,16,19). The zero-order valence-corrected chi connectivity index (χ0v) is 12.7. The molecule has 0 bridgehead atoms. The first-order chi connectivity index (χ1) is 10.0. The van der Waals surface area contributed by atoms with Gasteiger partial charge in [0.05, 0.1) is 0 Å². The number of amides is 1. The number of nitrogens with zero attached hydrogens (tertiary/aromatic N) is 2. The van der Waals surface area contributed by atoms with Gasteiger partial charge in [-0.15, -0.1) is 0 Å². The molecule has 6 nitrogen and oxygen atoms in total. The molecule has 0 unspecified atom stereocenters. The largest absolute Gasteiger partial charge is 0.349 e. The van der Waals surface area contributed by atoms with Crippen LogP contribution in [0.1, 0.15) is 55.3 Å². The summed E-state index contributed by atoms with van der Waals surface area (Å²) in [5, 5.41) is 2.95. The molecule has 0 saturated heterocycles. The molecule has 1 aliphatic carbocycles. The molecule has 1 saturated carbocycles. The van der Waals surface area contributed by atoms with Gasteiger partial charge in [0.25, 0.3) is 11.5 Å². The molecule has 1 aromatic heterocycles. The van der Waals surface area contributed by atoms with Crippen LogP contribution in [0.3, 0.4) is 0 Å². The van der Waals surface area contributed by atoms with Gasteiger partial charge in [-0.3, -0.25) is 14.2 Å². The van der Waals surface area contributed by atoms with E-state index < -0.39 is 11.2 Å². The van der Waals surface area contributed by atoms with E-state index in [-0.39, 0.29) is 17.5 Å². The smallest absolute Gasteiger partial charge is 0.330 e. The van der Waals surface area contributed by atoms with Crippen LogP contribution in [0.25, 0.3) is 0 Å². The molecule has 116 valence electrons. The molecule has 0 spiro atoms. The van der Waals surface area contributed by atoms with E-state index in [4.69, 9.17) is 0 Å². The lowest BCUT2D eigenvalue weighted by molar-refractivity contribution is 0.0927. The summed E-state index contributed by atoms with van der Waals surface area (Å²) in [6.07, 6.45) is 9.12. The quantitative estimate of drug-likeness (QED) is 0.881. The van der Waals surface area contributed by atoms with Crippen molar-refractivity contribution in [2.24, 2.45) is 14.1 Å². The Hall–Kier alpha value is -1.85. The Kier molecular flexibility index (Phi) is 4.98. The Labute approximate surface area is 123 Å². The van der Waals surface area contributed by atoms with Crippen molar-refractivity contribution >= 4 is 5.91 Å². The first-order valence-electron chi connectivity index (χ1n) is 7.58. The van der Waals surface area contributed by atoms with Crippen LogP contribution in [0, 0.1) is 0 Å². The van der Waals surface area contributed by atoms with E-state index in [0.717, 1.165) is 30.3 Å². The Morgan fingerprint density at radius 2 is 1.67 bits per heavy atom. The van der Waals surface area contributed by atoms with Crippen LogP contribution in [0.15, 0.2) is 15.8 Å². The molecule has 0 aromatic carbocycles. The maximum Gasteiger partial charge on any atom is 0.330 e. The van der Waals surface area contributed by atoms with Gasteiger partial charge in [-0.25, -0.2) is 4.79 Å². The highest BCUT2D eigenvalue weighted by molar-refractivity contribution is 5.93. The Morgan fingerprint density at radius 1 is 1.10 bits per heavy atom. The topological polar surface area (TPSA) is 73.1 Å². The summed E-state index contributed by atoms with van der Waals surface area (Å²) >= 11 is 0. The van der Waals surface area contributed by atoms with E-state index in [1.54, 1.807) is 0 Å². The van der Waals surface area contributed by atoms with Crippen LogP contribution >= 0.6 is 0 Å². The first kappa shape index (κ1) is 15.5. The molecule has 0 atom stereocenters. The number of nitrogens with one attached hydrogen (secondary N) is 1. The Bertz CT molecular complexity index is 622. The molecule has 6 heteroatoms. The highest BCUT2D eigenvalue weighted by atomic mass is 16.2. The lowest BCUT2D eigenvalue weighted by Gasteiger charge is -2.21. The Morgan fingerprint density at radius 3 is 2.29 bits per heavy atom. The minimum Gasteiger partial charge on any atom is -0.349 e. The van der Waals surface area contributed by atoms with Gasteiger partial charge in [-0.2, -0.15) is 0 Å². The average Bonchev–Trinajstić information content (AvgIpc) is 2.43. The highest BCUT2D eigenvalue weighted by Gasteiger charge is 2.19. The third kappa shape index (κ3) is 3.62. The van der Waals surface area contributed by atoms with Gasteiger partial charge in [-0.1, -0.05) is 32.1 Å². The number of aromatic nitrogens is 2. The molecule has 1 amide bonds. The van der Waals surface area contributed by atoms with Gasteiger partial charge in [0.1, 0.15) is 5.56 Å². The Balaban J connectivity index is 2.16. The van der Waals surface area contributed by atoms with Gasteiger partial charge in [0.15, 0.2) is 0 Å². The van der Waals surface area contributed by atoms with Crippen molar-refractivity contribution in [2.75, 3.05) is 0 Å². The summed E-state index contributed by atoms with van der Waals surface area (Å²) in [5.41, 5.74) is -0.939. The van der Waals surface area contributed by atoms with Crippen molar-refractivity contribution in [3.05, 3.63) is 32.6 Å². The molecule has 1 aromatic rings. The van der Waals surface area contributed by atoms with E-state index >= 15 is 0 Å². The molecule has 21 heavy (non-hydrogen) atoms. The van der Waals surface area contributed by atoms with Gasteiger partial charge in [0.2, 0.25) is 0 Å². The molecule has 1 fully saturated rings. The molecule has 0 radical (unpaired) electrons. The van der Waals surface area contributed by atoms with E-state index in [0.29, 0.717) is 0 Å². The van der Waals surface area contributed by atoms with Crippen molar-refractivity contribution in [1.29, 1.82) is 0 Å². The lowest BCUT2D eigenvalue weighted by atomic mass is 9.96. The van der Waals surface area contributed by atoms with E-state index in [2.05, 4.69) is 5.32 Å². The maximum absolute atomic E-state index is 12.3. The number of rotatable bonds is 2. The summed E-state index contributed by atoms with van der Waals surface area (Å²) in [6, 6.07) is 0.125. The molecule has 1 heterocycles. The van der Waals surface area contributed by atoms with E-state index in [9.17, 15) is 14.4 Å². The zero-order valence-electron chi connectivity index (χ0n) is 12.7. The highest BCUT2D eigenvalue weighted by Crippen LogP contribution is 2.17. The van der Waals surface area contributed by atoms with Crippen LogP contribution in [0.4, 0.5) is 0 Å². The molecular formula is C15H23N3O3. The minimum absolute atomic E-state index is 0.0293. The fraction of sp³-hybridized carbons (Fsp3) is 0.667. The average molecular weight is 293 g/mol. The van der Waals surface area contributed by atoms with Crippen LogP contribution < -0.4 is 16.6 Å². The number of carbonyl (C=O) groups is 1. The molecule has 2 rings (SSSR count). The second kappa shape index (κ2) is 6.74. The number of hydrogen-bond acceptors (Lipinski definition) is 3. The predicted octanol–water partition coefficient (Wildman–Crippen LogP) is 0.927. The summed E-state index contributed by atoms with van der Waals surface area (Å²) in [7, 11) is 2.92. The second-order valence-corrected chi connectivity index (χ2v) is 5.82. The molecular weight excluding hydrogens is 270 g/mol. The third-order valence-electron chi connectivity index (χ3n) is 4.13. The van der Waals surface area contributed by atoms with Crippen molar-refractivity contribution < 1.29 is 4.79 Å². The van der Waals surface area contributed by atoms with Crippen LogP contribution in [0.5, 0.6) is 0 Å². The van der Waals surface area contributed by atoms with E-state index in [1.165, 1.54) is 44.1 Å². The van der Waals surface area contributed by atoms with Crippen LogP contribution in [0.2, 0.25) is 0 Å². The number of hydrogen-bond donors (Lipinski definition) is 1. The number of carbonyl (C=O) groups excluding carboxylic acids is 1. The van der Waals surface area contributed by atoms with Gasteiger partial charge < -0.3 is 9.88 Å². The first-order valence-corrected chi connectivity index (χ1v) is 7.58. The predicted molar refractivity (Wildman–Crippen MR) is 80.5 cm³/mol. The normalized spacial score (nSPS) is 17.0. The fourth-order valence-electron chi connectivity index (χ4n) is 2.83. The zero-order chi connectivity index (χ0) is 15.4. The summed E-state index contributed by atoms with van der Waals surface area (Å²) in [4.78, 5) is 36.0. The van der Waals surface area contributed by atoms with Crippen molar-refractivity contribution in [3.63, 3.8) is 0 Å². The summed E-state index contributed by atoms with van der Waals surface area (Å²) in [6.45, 7) is 0. The summed E-state index contributed by atoms with van der Waals surface area (Å²) in [5.74, 6) is -0.378. The van der Waals surface area contributed by atoms with Gasteiger partial charge >= 0.3 is 5.69 Å². The third-order valence-corrected chi connectivity index (χ3v) is 4.13. The van der Waals surface area contributed by atoms with Crippen molar-refractivity contribution in [3.8, 4) is 0 Å². The van der Waals surface area contributed by atoms with Crippen molar-refractivity contribution in [1.82, 2.24) is 14.5 Å². The molecule has 0 aliphatic heterocycles. The molecule has 1 N–H and O–H groups in total. The summed E-state index contributed by atoms with van der Waals surface area (Å²) < 4.78 is 2.22. The maximum atomic E-state index is 12.3. The van der Waals surface area contributed by atoms with E-state index in [1.807, 2.05) is 0 Å². The fourth-order valence-corrected chi connectivity index (χ4v) is 2.83. The van der Waals surface area contributed by atoms with Crippen molar-refractivity contribution in [2.45, 2.75) is 51.0 Å². The van der Waals surface area contributed by atoms with Crippen LogP contribution in [-0.2, 0) is 14.1 Å². The minimum atomic E-state index is -0.540. The van der Waals surface area contributed by atoms with Gasteiger partial charge in [0, 0.05) is 26.3 Å². The molecule has 1 aliphatic rings. The van der Waals surface area contributed by atoms with Gasteiger partial charge in [-0.05, 0) is 12.8 Å². The monoisotopic (exact) mass is 293 g/mol. The lowest BCUT2D eigenvalue weighted by Crippen LogP contribution is -2.44. The number of aryl methyl sites for hydroxylation is 1. The van der Waals surface area contributed by atoms with Crippen LogP contribution in [-0.4, -0.2) is 21.1 Å². The second-order valence-electron chi connectivity index (χ2n) is 5.82. The SMILES string of the molecule is Cn1cc(C(=O)NC2CCCCCCC2)c(=O)n(C)c1=O.